The molecule has 1 fully saturated rings. The molecule has 2 aromatic rings. The molecule has 4 heteroatoms. The minimum Gasteiger partial charge on any atom is -0.341 e. The lowest BCUT2D eigenvalue weighted by atomic mass is 9.95. The van der Waals surface area contributed by atoms with Crippen molar-refractivity contribution in [3.8, 4) is 0 Å². The second-order valence-corrected chi connectivity index (χ2v) is 6.17. The number of amides is 1. The Morgan fingerprint density at radius 1 is 1.18 bits per heavy atom. The molecule has 22 heavy (non-hydrogen) atoms. The first-order chi connectivity index (χ1) is 10.7. The Hall–Kier alpha value is -1.87. The van der Waals surface area contributed by atoms with Crippen molar-refractivity contribution in [2.24, 2.45) is 0 Å². The van der Waals surface area contributed by atoms with Crippen LogP contribution in [0.3, 0.4) is 0 Å². The first-order valence-corrected chi connectivity index (χ1v) is 8.03. The van der Waals surface area contributed by atoms with Gasteiger partial charge in [-0.3, -0.25) is 9.78 Å². The highest BCUT2D eigenvalue weighted by Gasteiger charge is 2.31. The lowest BCUT2D eigenvalue weighted by Gasteiger charge is -2.39. The summed E-state index contributed by atoms with van der Waals surface area (Å²) in [5.41, 5.74) is 2.32. The predicted octanol–water partition coefficient (Wildman–Crippen LogP) is 3.68. The van der Waals surface area contributed by atoms with Gasteiger partial charge in [0.2, 0.25) is 5.91 Å². The Bertz CT molecular complexity index is 621. The van der Waals surface area contributed by atoms with Gasteiger partial charge in [0.1, 0.15) is 0 Å². The topological polar surface area (TPSA) is 33.2 Å². The number of hydrogen-bond acceptors (Lipinski definition) is 2. The van der Waals surface area contributed by atoms with E-state index in [4.69, 9.17) is 11.6 Å². The second kappa shape index (κ2) is 6.93. The minimum absolute atomic E-state index is 0.251. The summed E-state index contributed by atoms with van der Waals surface area (Å²) in [5, 5.41) is 0.751. The van der Waals surface area contributed by atoms with E-state index in [1.54, 1.807) is 0 Å². The van der Waals surface area contributed by atoms with Gasteiger partial charge in [0.15, 0.2) is 0 Å². The number of nitrogens with zero attached hydrogens (tertiary/aromatic N) is 2. The third kappa shape index (κ3) is 3.66. The van der Waals surface area contributed by atoms with Gasteiger partial charge in [0, 0.05) is 42.3 Å². The van der Waals surface area contributed by atoms with Crippen LogP contribution in [0.5, 0.6) is 0 Å². The fraction of sp³-hybridized carbons (Fsp3) is 0.333. The van der Waals surface area contributed by atoms with Crippen LogP contribution >= 0.6 is 11.6 Å². The van der Waals surface area contributed by atoms with Gasteiger partial charge in [-0.2, -0.15) is 0 Å². The first-order valence-electron chi connectivity index (χ1n) is 7.65. The molecule has 1 amide bonds. The minimum atomic E-state index is 0.251. The zero-order valence-electron chi connectivity index (χ0n) is 12.4. The SMILES string of the molecule is O=C(CCCc1ccc(Cl)cc1)N1CC(c2ccccn2)C1. The maximum atomic E-state index is 12.1. The smallest absolute Gasteiger partial charge is 0.222 e. The van der Waals surface area contributed by atoms with Crippen molar-refractivity contribution in [1.29, 1.82) is 0 Å². The summed E-state index contributed by atoms with van der Waals surface area (Å²) in [4.78, 5) is 18.4. The van der Waals surface area contributed by atoms with Gasteiger partial charge in [-0.1, -0.05) is 29.8 Å². The Kier molecular flexibility index (Phi) is 4.74. The molecule has 0 radical (unpaired) electrons. The van der Waals surface area contributed by atoms with Crippen molar-refractivity contribution in [3.05, 3.63) is 64.9 Å². The number of halogens is 1. The lowest BCUT2D eigenvalue weighted by Crippen LogP contribution is -2.48. The molecule has 0 bridgehead atoms. The Morgan fingerprint density at radius 2 is 1.95 bits per heavy atom. The first kappa shape index (κ1) is 15.0. The highest BCUT2D eigenvalue weighted by molar-refractivity contribution is 6.30. The fourth-order valence-corrected chi connectivity index (χ4v) is 2.87. The molecule has 0 N–H and O–H groups in total. The molecular weight excluding hydrogens is 296 g/mol. The number of carbonyl (C=O) groups excluding carboxylic acids is 1. The van der Waals surface area contributed by atoms with E-state index in [0.29, 0.717) is 12.3 Å². The molecule has 2 heterocycles. The second-order valence-electron chi connectivity index (χ2n) is 5.73. The van der Waals surface area contributed by atoms with Crippen LogP contribution in [0.15, 0.2) is 48.7 Å². The maximum Gasteiger partial charge on any atom is 0.222 e. The number of hydrogen-bond donors (Lipinski definition) is 0. The van der Waals surface area contributed by atoms with Crippen LogP contribution in [0.2, 0.25) is 5.02 Å². The molecule has 3 rings (SSSR count). The fourth-order valence-electron chi connectivity index (χ4n) is 2.74. The van der Waals surface area contributed by atoms with E-state index >= 15 is 0 Å². The van der Waals surface area contributed by atoms with Crippen LogP contribution < -0.4 is 0 Å². The number of aryl methyl sites for hydroxylation is 1. The molecule has 1 aliphatic rings. The molecule has 0 saturated carbocycles. The van der Waals surface area contributed by atoms with Crippen LogP contribution in [0.4, 0.5) is 0 Å². The Balaban J connectivity index is 1.40. The number of aromatic nitrogens is 1. The van der Waals surface area contributed by atoms with Crippen molar-refractivity contribution >= 4 is 17.5 Å². The molecule has 1 aliphatic heterocycles. The zero-order chi connectivity index (χ0) is 15.4. The number of rotatable bonds is 5. The highest BCUT2D eigenvalue weighted by atomic mass is 35.5. The van der Waals surface area contributed by atoms with Crippen molar-refractivity contribution in [1.82, 2.24) is 9.88 Å². The van der Waals surface area contributed by atoms with E-state index < -0.39 is 0 Å². The molecular formula is C18H19ClN2O. The largest absolute Gasteiger partial charge is 0.341 e. The van der Waals surface area contributed by atoms with Gasteiger partial charge in [-0.05, 0) is 42.7 Å². The van der Waals surface area contributed by atoms with E-state index in [1.165, 1.54) is 5.56 Å². The third-order valence-electron chi connectivity index (χ3n) is 4.11. The van der Waals surface area contributed by atoms with E-state index in [9.17, 15) is 4.79 Å². The quantitative estimate of drug-likeness (QED) is 0.843. The van der Waals surface area contributed by atoms with E-state index in [0.717, 1.165) is 36.6 Å². The zero-order valence-corrected chi connectivity index (χ0v) is 13.2. The monoisotopic (exact) mass is 314 g/mol. The summed E-state index contributed by atoms with van der Waals surface area (Å²) >= 11 is 5.86. The van der Waals surface area contributed by atoms with Crippen molar-refractivity contribution in [2.75, 3.05) is 13.1 Å². The van der Waals surface area contributed by atoms with Crippen molar-refractivity contribution < 1.29 is 4.79 Å². The van der Waals surface area contributed by atoms with Crippen LogP contribution in [-0.4, -0.2) is 28.9 Å². The number of carbonyl (C=O) groups is 1. The number of likely N-dealkylation sites (tertiary alicyclic amines) is 1. The molecule has 0 aliphatic carbocycles. The summed E-state index contributed by atoms with van der Waals surface area (Å²) in [6.07, 6.45) is 4.22. The average Bonchev–Trinajstić information content (AvgIpc) is 2.49. The summed E-state index contributed by atoms with van der Waals surface area (Å²) < 4.78 is 0. The normalized spacial score (nSPS) is 14.7. The molecule has 1 saturated heterocycles. The molecule has 1 aromatic carbocycles. The third-order valence-corrected chi connectivity index (χ3v) is 4.36. The van der Waals surface area contributed by atoms with Gasteiger partial charge in [-0.25, -0.2) is 0 Å². The van der Waals surface area contributed by atoms with Crippen LogP contribution in [-0.2, 0) is 11.2 Å². The maximum absolute atomic E-state index is 12.1. The predicted molar refractivity (Wildman–Crippen MR) is 87.9 cm³/mol. The standard InChI is InChI=1S/C18H19ClN2O/c19-16-9-7-14(8-10-16)4-3-6-18(22)21-12-15(13-21)17-5-1-2-11-20-17/h1-2,5,7-11,15H,3-4,6,12-13H2. The van der Waals surface area contributed by atoms with Crippen molar-refractivity contribution in [2.45, 2.75) is 25.2 Å². The number of benzene rings is 1. The van der Waals surface area contributed by atoms with Crippen molar-refractivity contribution in [3.63, 3.8) is 0 Å². The van der Waals surface area contributed by atoms with Crippen LogP contribution in [0, 0.1) is 0 Å². The van der Waals surface area contributed by atoms with Gasteiger partial charge >= 0.3 is 0 Å². The van der Waals surface area contributed by atoms with E-state index in [-0.39, 0.29) is 5.91 Å². The highest BCUT2D eigenvalue weighted by Crippen LogP contribution is 2.26. The molecule has 0 atom stereocenters. The summed E-state index contributed by atoms with van der Waals surface area (Å²) in [7, 11) is 0. The number of pyridine rings is 1. The van der Waals surface area contributed by atoms with E-state index in [1.807, 2.05) is 53.6 Å². The Morgan fingerprint density at radius 3 is 2.64 bits per heavy atom. The van der Waals surface area contributed by atoms with Gasteiger partial charge in [0.05, 0.1) is 0 Å². The molecule has 0 unspecified atom stereocenters. The van der Waals surface area contributed by atoms with Gasteiger partial charge in [0.25, 0.3) is 0 Å². The Labute approximate surface area is 135 Å². The van der Waals surface area contributed by atoms with Gasteiger partial charge < -0.3 is 4.90 Å². The summed E-state index contributed by atoms with van der Waals surface area (Å²) in [6, 6.07) is 13.8. The summed E-state index contributed by atoms with van der Waals surface area (Å²) in [5.74, 6) is 0.655. The average molecular weight is 315 g/mol. The summed E-state index contributed by atoms with van der Waals surface area (Å²) in [6.45, 7) is 1.60. The van der Waals surface area contributed by atoms with Crippen LogP contribution in [0.25, 0.3) is 0 Å². The van der Waals surface area contributed by atoms with E-state index in [2.05, 4.69) is 4.98 Å². The van der Waals surface area contributed by atoms with Crippen LogP contribution in [0.1, 0.15) is 30.0 Å². The van der Waals surface area contributed by atoms with Gasteiger partial charge in [-0.15, -0.1) is 0 Å². The molecule has 1 aromatic heterocycles. The molecule has 0 spiro atoms. The lowest BCUT2D eigenvalue weighted by molar-refractivity contribution is -0.135. The molecule has 3 nitrogen and oxygen atoms in total. The molecule has 114 valence electrons.